The number of carbonyl (C=O) groups excluding carboxylic acids is 1. The van der Waals surface area contributed by atoms with Gasteiger partial charge in [-0.15, -0.1) is 0 Å². The van der Waals surface area contributed by atoms with Gasteiger partial charge in [0.15, 0.2) is 0 Å². The van der Waals surface area contributed by atoms with Crippen LogP contribution < -0.4 is 0 Å². The Hall–Kier alpha value is -2.87. The van der Waals surface area contributed by atoms with E-state index >= 15 is 0 Å². The van der Waals surface area contributed by atoms with Crippen molar-refractivity contribution in [3.63, 3.8) is 0 Å². The Kier molecular flexibility index (Phi) is 8.67. The van der Waals surface area contributed by atoms with E-state index in [-0.39, 0.29) is 12.5 Å². The number of ether oxygens (including phenoxy) is 1. The molecule has 1 N–H and O–H groups in total. The first kappa shape index (κ1) is 26.2. The minimum atomic E-state index is -0.871. The van der Waals surface area contributed by atoms with E-state index in [4.69, 9.17) is 32.9 Å². The van der Waals surface area contributed by atoms with Crippen molar-refractivity contribution in [2.45, 2.75) is 32.3 Å². The van der Waals surface area contributed by atoms with Crippen LogP contribution in [-0.2, 0) is 29.6 Å². The molecule has 1 atom stereocenters. The highest BCUT2D eigenvalue weighted by Crippen LogP contribution is 2.27. The lowest BCUT2D eigenvalue weighted by atomic mass is 10.1. The number of nitrogens with zero attached hydrogens (tertiary/aromatic N) is 3. The van der Waals surface area contributed by atoms with Gasteiger partial charge >= 0.3 is 5.97 Å². The highest BCUT2D eigenvalue weighted by Gasteiger charge is 2.34. The van der Waals surface area contributed by atoms with Gasteiger partial charge in [0.1, 0.15) is 11.5 Å². The summed E-state index contributed by atoms with van der Waals surface area (Å²) in [6.07, 6.45) is 2.72. The topological polar surface area (TPSA) is 84.7 Å². The quantitative estimate of drug-likeness (QED) is 0.351. The Bertz CT molecular complexity index is 1240. The summed E-state index contributed by atoms with van der Waals surface area (Å²) < 4.78 is 7.74. The second kappa shape index (κ2) is 11.9. The Balaban J connectivity index is 1.46. The molecule has 0 unspecified atom stereocenters. The molecule has 0 bridgehead atoms. The number of hydrogen-bond acceptors (Lipinski definition) is 4. The maximum atomic E-state index is 13.4. The summed E-state index contributed by atoms with van der Waals surface area (Å²) in [6, 6.07) is 15.0. The van der Waals surface area contributed by atoms with Gasteiger partial charge in [-0.1, -0.05) is 47.5 Å². The van der Waals surface area contributed by atoms with E-state index < -0.39 is 11.9 Å². The fraction of sp³-hybridized carbons (Fsp3) is 0.370. The van der Waals surface area contributed by atoms with Gasteiger partial charge in [0, 0.05) is 42.4 Å². The number of carbonyl (C=O) groups is 2. The molecule has 190 valence electrons. The van der Waals surface area contributed by atoms with Gasteiger partial charge in [0.25, 0.3) is 5.91 Å². The number of aromatic nitrogens is 2. The van der Waals surface area contributed by atoms with Crippen molar-refractivity contribution < 1.29 is 19.4 Å². The number of carboxylic acid groups (broad SMARTS) is 1. The van der Waals surface area contributed by atoms with Crippen molar-refractivity contribution in [1.29, 1.82) is 0 Å². The number of aliphatic carboxylic acids is 1. The molecule has 0 aliphatic carbocycles. The van der Waals surface area contributed by atoms with E-state index in [9.17, 15) is 14.7 Å². The van der Waals surface area contributed by atoms with Gasteiger partial charge in [-0.3, -0.25) is 9.59 Å². The van der Waals surface area contributed by atoms with Gasteiger partial charge < -0.3 is 19.3 Å². The van der Waals surface area contributed by atoms with Crippen molar-refractivity contribution in [3.05, 3.63) is 75.5 Å². The minimum Gasteiger partial charge on any atom is -0.481 e. The number of halogens is 2. The third kappa shape index (κ3) is 6.27. The zero-order valence-corrected chi connectivity index (χ0v) is 21.6. The molecular weight excluding hydrogens is 501 g/mol. The number of hydrogen-bond donors (Lipinski definition) is 1. The van der Waals surface area contributed by atoms with E-state index in [0.29, 0.717) is 54.2 Å². The van der Waals surface area contributed by atoms with Crippen molar-refractivity contribution in [2.75, 3.05) is 19.7 Å². The number of carboxylic acids is 1. The van der Waals surface area contributed by atoms with Crippen LogP contribution in [0.4, 0.5) is 0 Å². The molecular formula is C27H29Cl2N3O4. The summed E-state index contributed by atoms with van der Waals surface area (Å²) >= 11 is 12.2. The van der Waals surface area contributed by atoms with Gasteiger partial charge in [0.2, 0.25) is 0 Å². The van der Waals surface area contributed by atoms with E-state index in [1.165, 1.54) is 0 Å². The Morgan fingerprint density at radius 1 is 1.11 bits per heavy atom. The number of amides is 1. The van der Waals surface area contributed by atoms with Crippen LogP contribution in [0.15, 0.2) is 48.5 Å². The molecule has 1 fully saturated rings. The Morgan fingerprint density at radius 2 is 1.86 bits per heavy atom. The highest BCUT2D eigenvalue weighted by atomic mass is 35.5. The number of imidazole rings is 1. The van der Waals surface area contributed by atoms with Gasteiger partial charge in [0.05, 0.1) is 18.2 Å². The van der Waals surface area contributed by atoms with Crippen LogP contribution in [0.1, 0.15) is 41.0 Å². The zero-order valence-electron chi connectivity index (χ0n) is 20.1. The second-order valence-electron chi connectivity index (χ2n) is 9.01. The standard InChI is InChI=1S/C27H29Cl2N3O4/c1-31-23(10-2-3-13-36-17-18-6-4-8-21(28)14-18)24(26(33)32-12-11-20(16-32)27(34)35)30-25(31)19-7-5-9-22(29)15-19/h4-9,14-15,20H,2-3,10-13,16-17H2,1H3,(H,34,35)/t20-/m0/s1. The molecule has 1 saturated heterocycles. The average molecular weight is 530 g/mol. The van der Waals surface area contributed by atoms with Gasteiger partial charge in [-0.05, 0) is 55.5 Å². The normalized spacial score (nSPS) is 15.4. The molecule has 3 aromatic rings. The van der Waals surface area contributed by atoms with Gasteiger partial charge in [-0.25, -0.2) is 4.98 Å². The summed E-state index contributed by atoms with van der Waals surface area (Å²) in [4.78, 5) is 31.1. The van der Waals surface area contributed by atoms with Crippen molar-refractivity contribution in [2.24, 2.45) is 13.0 Å². The first-order chi connectivity index (χ1) is 17.3. The SMILES string of the molecule is Cn1c(-c2cccc(Cl)c2)nc(C(=O)N2CC[C@H](C(=O)O)C2)c1CCCCOCc1cccc(Cl)c1. The summed E-state index contributed by atoms with van der Waals surface area (Å²) in [5.41, 5.74) is 3.04. The molecule has 9 heteroatoms. The Morgan fingerprint density at radius 3 is 2.56 bits per heavy atom. The summed E-state index contributed by atoms with van der Waals surface area (Å²) in [5.74, 6) is -0.981. The lowest BCUT2D eigenvalue weighted by Gasteiger charge is -2.15. The summed E-state index contributed by atoms with van der Waals surface area (Å²) in [6.45, 7) is 1.69. The second-order valence-corrected chi connectivity index (χ2v) is 9.89. The molecule has 2 heterocycles. The number of unbranched alkanes of at least 4 members (excludes halogenated alkanes) is 1. The Labute approximate surface area is 220 Å². The molecule has 1 aliphatic rings. The van der Waals surface area contributed by atoms with Crippen LogP contribution in [0.3, 0.4) is 0 Å². The molecule has 0 saturated carbocycles. The van der Waals surface area contributed by atoms with Crippen LogP contribution in [0, 0.1) is 5.92 Å². The predicted molar refractivity (Wildman–Crippen MR) is 139 cm³/mol. The lowest BCUT2D eigenvalue weighted by Crippen LogP contribution is -2.31. The third-order valence-electron chi connectivity index (χ3n) is 6.43. The average Bonchev–Trinajstić information content (AvgIpc) is 3.47. The lowest BCUT2D eigenvalue weighted by molar-refractivity contribution is -0.141. The maximum Gasteiger partial charge on any atom is 0.308 e. The largest absolute Gasteiger partial charge is 0.481 e. The summed E-state index contributed by atoms with van der Waals surface area (Å²) in [5, 5.41) is 10.6. The van der Waals surface area contributed by atoms with Gasteiger partial charge in [-0.2, -0.15) is 0 Å². The fourth-order valence-electron chi connectivity index (χ4n) is 4.48. The van der Waals surface area contributed by atoms with Crippen LogP contribution in [0.5, 0.6) is 0 Å². The van der Waals surface area contributed by atoms with E-state index in [1.807, 2.05) is 54.1 Å². The van der Waals surface area contributed by atoms with Crippen LogP contribution in [-0.4, -0.2) is 51.1 Å². The minimum absolute atomic E-state index is 0.202. The molecule has 0 radical (unpaired) electrons. The maximum absolute atomic E-state index is 13.4. The number of benzene rings is 2. The zero-order chi connectivity index (χ0) is 25.7. The van der Waals surface area contributed by atoms with Crippen LogP contribution >= 0.6 is 23.2 Å². The molecule has 1 amide bonds. The smallest absolute Gasteiger partial charge is 0.308 e. The third-order valence-corrected chi connectivity index (χ3v) is 6.90. The molecule has 36 heavy (non-hydrogen) atoms. The molecule has 0 spiro atoms. The van der Waals surface area contributed by atoms with Crippen LogP contribution in [0.25, 0.3) is 11.4 Å². The van der Waals surface area contributed by atoms with E-state index in [1.54, 1.807) is 11.0 Å². The predicted octanol–water partition coefficient (Wildman–Crippen LogP) is 5.48. The fourth-order valence-corrected chi connectivity index (χ4v) is 4.89. The van der Waals surface area contributed by atoms with Crippen molar-refractivity contribution in [3.8, 4) is 11.4 Å². The first-order valence-corrected chi connectivity index (χ1v) is 12.7. The van der Waals surface area contributed by atoms with Crippen molar-refractivity contribution in [1.82, 2.24) is 14.5 Å². The number of rotatable bonds is 10. The van der Waals surface area contributed by atoms with Crippen LogP contribution in [0.2, 0.25) is 10.0 Å². The van der Waals surface area contributed by atoms with E-state index in [0.717, 1.165) is 29.7 Å². The molecule has 7 nitrogen and oxygen atoms in total. The molecule has 2 aromatic carbocycles. The monoisotopic (exact) mass is 529 g/mol. The summed E-state index contributed by atoms with van der Waals surface area (Å²) in [7, 11) is 1.90. The highest BCUT2D eigenvalue weighted by molar-refractivity contribution is 6.31. The van der Waals surface area contributed by atoms with E-state index in [2.05, 4.69) is 0 Å². The molecule has 1 aliphatic heterocycles. The van der Waals surface area contributed by atoms with Crippen molar-refractivity contribution >= 4 is 35.1 Å². The molecule has 1 aromatic heterocycles. The first-order valence-electron chi connectivity index (χ1n) is 12.0. The number of likely N-dealkylation sites (tertiary alicyclic amines) is 1. The molecule has 4 rings (SSSR count).